The van der Waals surface area contributed by atoms with E-state index >= 15 is 0 Å². The Morgan fingerprint density at radius 2 is 1.54 bits per heavy atom. The first-order valence-corrected chi connectivity index (χ1v) is 15.1. The summed E-state index contributed by atoms with van der Waals surface area (Å²) < 4.78 is 29.2. The fraction of sp³-hybridized carbons (Fsp3) is 0.559. The Balaban J connectivity index is 2.30. The number of esters is 5. The van der Waals surface area contributed by atoms with Gasteiger partial charge in [0.2, 0.25) is 0 Å². The Bertz CT molecular complexity index is 1400. The van der Waals surface area contributed by atoms with E-state index in [0.717, 1.165) is 13.8 Å². The third-order valence-electron chi connectivity index (χ3n) is 8.36. The minimum atomic E-state index is -1.88. The molecule has 8 atom stereocenters. The Morgan fingerprint density at radius 1 is 0.913 bits per heavy atom. The highest BCUT2D eigenvalue weighted by Gasteiger charge is 2.65. The number of fused-ring (bicyclic) bond motifs is 1. The van der Waals surface area contributed by atoms with Crippen LogP contribution in [0.4, 0.5) is 0 Å². The lowest BCUT2D eigenvalue weighted by Crippen LogP contribution is -2.56. The van der Waals surface area contributed by atoms with E-state index in [2.05, 4.69) is 11.6 Å². The summed E-state index contributed by atoms with van der Waals surface area (Å²) in [5.74, 6) is -6.70. The highest BCUT2D eigenvalue weighted by Crippen LogP contribution is 2.51. The van der Waals surface area contributed by atoms with Crippen LogP contribution in [-0.4, -0.2) is 70.6 Å². The van der Waals surface area contributed by atoms with Gasteiger partial charge in [-0.15, -0.1) is 0 Å². The molecule has 0 aromatic carbocycles. The summed E-state index contributed by atoms with van der Waals surface area (Å²) in [4.78, 5) is 81.8. The van der Waals surface area contributed by atoms with Gasteiger partial charge in [-0.1, -0.05) is 46.4 Å². The van der Waals surface area contributed by atoms with Crippen molar-refractivity contribution in [2.45, 2.75) is 98.2 Å². The van der Waals surface area contributed by atoms with Gasteiger partial charge in [-0.25, -0.2) is 4.79 Å². The van der Waals surface area contributed by atoms with Crippen LogP contribution >= 0.6 is 0 Å². The predicted molar refractivity (Wildman–Crippen MR) is 163 cm³/mol. The second-order valence-corrected chi connectivity index (χ2v) is 12.7. The molecule has 46 heavy (non-hydrogen) atoms. The summed E-state index contributed by atoms with van der Waals surface area (Å²) in [6.45, 7) is 15.8. The van der Waals surface area contributed by atoms with Gasteiger partial charge in [0.15, 0.2) is 11.4 Å². The second-order valence-electron chi connectivity index (χ2n) is 12.7. The molecule has 0 bridgehead atoms. The lowest BCUT2D eigenvalue weighted by molar-refractivity contribution is -0.185. The summed E-state index contributed by atoms with van der Waals surface area (Å²) >= 11 is 0. The zero-order valence-corrected chi connectivity index (χ0v) is 27.6. The Kier molecular flexibility index (Phi) is 11.3. The fourth-order valence-corrected chi connectivity index (χ4v) is 6.55. The van der Waals surface area contributed by atoms with Crippen LogP contribution in [0.5, 0.6) is 0 Å². The molecule has 1 aromatic heterocycles. The van der Waals surface area contributed by atoms with Crippen LogP contribution in [0.15, 0.2) is 48.8 Å². The summed E-state index contributed by atoms with van der Waals surface area (Å²) in [5, 5.41) is 0. The quantitative estimate of drug-likeness (QED) is 0.249. The number of hydrogen-bond donors (Lipinski definition) is 0. The molecule has 250 valence electrons. The highest BCUT2D eigenvalue weighted by molar-refractivity contribution is 5.93. The average Bonchev–Trinajstić information content (AvgIpc) is 3.21. The SMILES string of the molecule is C=C1CC(OC(C)=O)C(OC(=O)c2cccnc2)C(C)(C)C=CC(C)C(=O)C2(OC(C)=O)CC(C)C(OC(C)=O)C2C1OC(C)=O. The average molecular weight is 642 g/mol. The minimum absolute atomic E-state index is 0.0284. The molecule has 0 N–H and O–H groups in total. The van der Waals surface area contributed by atoms with Gasteiger partial charge in [-0.05, 0) is 23.6 Å². The summed E-state index contributed by atoms with van der Waals surface area (Å²) in [6.07, 6.45) is 1.18. The van der Waals surface area contributed by atoms with E-state index in [1.165, 1.54) is 32.3 Å². The molecule has 12 nitrogen and oxygen atoms in total. The van der Waals surface area contributed by atoms with Crippen LogP contribution < -0.4 is 0 Å². The lowest BCUT2D eigenvalue weighted by atomic mass is 9.72. The van der Waals surface area contributed by atoms with E-state index in [1.807, 2.05) is 0 Å². The number of carbonyl (C=O) groups is 6. The van der Waals surface area contributed by atoms with Gasteiger partial charge in [0.1, 0.15) is 24.4 Å². The van der Waals surface area contributed by atoms with E-state index in [0.29, 0.717) is 0 Å². The maximum atomic E-state index is 14.5. The van der Waals surface area contributed by atoms with Crippen molar-refractivity contribution in [2.24, 2.45) is 23.2 Å². The Hall–Kier alpha value is -4.35. The van der Waals surface area contributed by atoms with Crippen molar-refractivity contribution < 1.29 is 52.5 Å². The van der Waals surface area contributed by atoms with Crippen LogP contribution in [0.2, 0.25) is 0 Å². The lowest BCUT2D eigenvalue weighted by Gasteiger charge is -2.42. The molecule has 1 fully saturated rings. The topological polar surface area (TPSA) is 161 Å². The molecule has 1 saturated carbocycles. The van der Waals surface area contributed by atoms with E-state index < -0.39 is 88.8 Å². The van der Waals surface area contributed by atoms with E-state index in [1.54, 1.807) is 45.9 Å². The number of rotatable bonds is 6. The predicted octanol–water partition coefficient (Wildman–Crippen LogP) is 4.11. The number of carbonyl (C=O) groups excluding carboxylic acids is 6. The molecule has 1 heterocycles. The van der Waals surface area contributed by atoms with Crippen LogP contribution in [-0.2, 0) is 47.7 Å². The van der Waals surface area contributed by atoms with Crippen LogP contribution in [0, 0.1) is 23.2 Å². The third kappa shape index (κ3) is 8.07. The van der Waals surface area contributed by atoms with Crippen molar-refractivity contribution in [3.63, 3.8) is 0 Å². The van der Waals surface area contributed by atoms with Gasteiger partial charge in [-0.3, -0.25) is 29.0 Å². The molecular formula is C34H43NO11. The summed E-state index contributed by atoms with van der Waals surface area (Å²) in [6, 6.07) is 3.10. The normalized spacial score (nSPS) is 30.9. The standard InChI is InChI=1S/C34H43NO11/c1-18-12-13-33(8,9)31(45-32(41)25-11-10-14-35-17-25)26(42-21(4)36)15-19(2)28(43-22(5)37)27-29(44-23(6)38)20(3)16-34(27,30(18)40)46-24(7)39/h10-14,17-18,20,26-29,31H,2,15-16H2,1,3-9H3. The molecule has 1 aromatic rings. The second kappa shape index (κ2) is 14.4. The molecule has 8 unspecified atom stereocenters. The van der Waals surface area contributed by atoms with E-state index in [-0.39, 0.29) is 24.0 Å². The molecule has 0 spiro atoms. The van der Waals surface area contributed by atoms with Gasteiger partial charge >= 0.3 is 29.8 Å². The Labute approximate surface area is 268 Å². The van der Waals surface area contributed by atoms with Crippen LogP contribution in [0.1, 0.15) is 78.6 Å². The van der Waals surface area contributed by atoms with Crippen LogP contribution in [0.25, 0.3) is 0 Å². The molecule has 0 radical (unpaired) electrons. The van der Waals surface area contributed by atoms with E-state index in [9.17, 15) is 28.8 Å². The van der Waals surface area contributed by atoms with Crippen molar-refractivity contribution >= 4 is 35.6 Å². The molecule has 0 saturated heterocycles. The Morgan fingerprint density at radius 3 is 2.09 bits per heavy atom. The van der Waals surface area contributed by atoms with Gasteiger partial charge < -0.3 is 23.7 Å². The van der Waals surface area contributed by atoms with Gasteiger partial charge in [0, 0.05) is 64.3 Å². The number of allylic oxidation sites excluding steroid dienone is 1. The van der Waals surface area contributed by atoms with Crippen molar-refractivity contribution in [1.29, 1.82) is 0 Å². The van der Waals surface area contributed by atoms with Crippen LogP contribution in [0.3, 0.4) is 0 Å². The number of hydrogen-bond acceptors (Lipinski definition) is 12. The van der Waals surface area contributed by atoms with Crippen molar-refractivity contribution in [3.05, 3.63) is 54.4 Å². The number of aromatic nitrogens is 1. The maximum absolute atomic E-state index is 14.5. The maximum Gasteiger partial charge on any atom is 0.340 e. The smallest absolute Gasteiger partial charge is 0.340 e. The van der Waals surface area contributed by atoms with E-state index in [4.69, 9.17) is 23.7 Å². The summed E-state index contributed by atoms with van der Waals surface area (Å²) in [5.41, 5.74) is -2.63. The molecule has 2 aliphatic carbocycles. The number of ether oxygens (including phenoxy) is 5. The number of Topliss-reactive ketones (excluding diaryl/α,β-unsaturated/α-hetero) is 1. The first kappa shape index (κ1) is 36.1. The first-order chi connectivity index (χ1) is 21.4. The van der Waals surface area contributed by atoms with Crippen molar-refractivity contribution in [2.75, 3.05) is 0 Å². The zero-order chi connectivity index (χ0) is 34.6. The molecule has 12 heteroatoms. The largest absolute Gasteiger partial charge is 0.462 e. The van der Waals surface area contributed by atoms with Gasteiger partial charge in [0.25, 0.3) is 0 Å². The molecule has 0 amide bonds. The molecule has 2 aliphatic rings. The molecular weight excluding hydrogens is 598 g/mol. The monoisotopic (exact) mass is 641 g/mol. The molecule has 0 aliphatic heterocycles. The van der Waals surface area contributed by atoms with Gasteiger partial charge in [-0.2, -0.15) is 0 Å². The fourth-order valence-electron chi connectivity index (χ4n) is 6.55. The molecule has 3 rings (SSSR count). The van der Waals surface area contributed by atoms with Crippen molar-refractivity contribution in [1.82, 2.24) is 4.98 Å². The number of nitrogens with zero attached hydrogens (tertiary/aromatic N) is 1. The minimum Gasteiger partial charge on any atom is -0.462 e. The highest BCUT2D eigenvalue weighted by atomic mass is 16.6. The van der Waals surface area contributed by atoms with Crippen molar-refractivity contribution in [3.8, 4) is 0 Å². The third-order valence-corrected chi connectivity index (χ3v) is 8.36. The summed E-state index contributed by atoms with van der Waals surface area (Å²) in [7, 11) is 0. The number of ketones is 1. The zero-order valence-electron chi connectivity index (χ0n) is 27.6. The first-order valence-electron chi connectivity index (χ1n) is 15.1. The number of pyridine rings is 1. The van der Waals surface area contributed by atoms with Gasteiger partial charge in [0.05, 0.1) is 11.5 Å².